The maximum atomic E-state index is 8.66. The van der Waals surface area contributed by atoms with Crippen molar-refractivity contribution in [2.45, 2.75) is 12.2 Å². The highest BCUT2D eigenvalue weighted by molar-refractivity contribution is 5.85. The molecule has 68 valence electrons. The van der Waals surface area contributed by atoms with Crippen molar-refractivity contribution in [2.75, 3.05) is 26.3 Å². The molecule has 1 aliphatic heterocycles. The van der Waals surface area contributed by atoms with Crippen LogP contribution in [-0.4, -0.2) is 48.7 Å². The van der Waals surface area contributed by atoms with Gasteiger partial charge < -0.3 is 20.3 Å². The third-order valence-electron chi connectivity index (χ3n) is 1.54. The van der Waals surface area contributed by atoms with E-state index in [0.29, 0.717) is 13.1 Å². The van der Waals surface area contributed by atoms with Crippen LogP contribution in [0.3, 0.4) is 0 Å². The summed E-state index contributed by atoms with van der Waals surface area (Å²) in [6.45, 7) is 1.38. The lowest BCUT2D eigenvalue weighted by molar-refractivity contribution is -0.0788. The van der Waals surface area contributed by atoms with Crippen molar-refractivity contribution in [3.05, 3.63) is 0 Å². The fourth-order valence-corrected chi connectivity index (χ4v) is 0.989. The minimum atomic E-state index is -0.147. The Hall–Kier alpha value is 0.130. The largest absolute Gasteiger partial charge is 0.394 e. The van der Waals surface area contributed by atoms with Gasteiger partial charge in [0.15, 0.2) is 0 Å². The molecule has 0 spiro atoms. The van der Waals surface area contributed by atoms with Crippen molar-refractivity contribution in [3.63, 3.8) is 0 Å². The summed E-state index contributed by atoms with van der Waals surface area (Å²) in [4.78, 5) is 0. The normalized spacial score (nSPS) is 31.1. The van der Waals surface area contributed by atoms with Crippen LogP contribution < -0.4 is 5.32 Å². The minimum absolute atomic E-state index is 0. The molecule has 1 fully saturated rings. The van der Waals surface area contributed by atoms with Gasteiger partial charge in [0.25, 0.3) is 0 Å². The molecule has 0 aromatic rings. The van der Waals surface area contributed by atoms with Crippen molar-refractivity contribution in [2.24, 2.45) is 0 Å². The summed E-state index contributed by atoms with van der Waals surface area (Å²) < 4.78 is 5.22. The number of hydrogen-bond acceptors (Lipinski definition) is 4. The van der Waals surface area contributed by atoms with E-state index >= 15 is 0 Å². The van der Waals surface area contributed by atoms with Crippen molar-refractivity contribution < 1.29 is 14.9 Å². The van der Waals surface area contributed by atoms with Crippen LogP contribution in [0.15, 0.2) is 0 Å². The van der Waals surface area contributed by atoms with Crippen molar-refractivity contribution in [3.8, 4) is 0 Å². The van der Waals surface area contributed by atoms with Gasteiger partial charge in [0.2, 0.25) is 0 Å². The lowest BCUT2D eigenvalue weighted by atomic mass is 10.2. The van der Waals surface area contributed by atoms with Crippen LogP contribution in [-0.2, 0) is 4.74 Å². The first kappa shape index (κ1) is 11.1. The maximum Gasteiger partial charge on any atom is 0.0935 e. The monoisotopic (exact) mass is 183 g/mol. The first-order valence-corrected chi connectivity index (χ1v) is 3.44. The summed E-state index contributed by atoms with van der Waals surface area (Å²) in [5.41, 5.74) is 0. The first-order valence-electron chi connectivity index (χ1n) is 3.44. The molecule has 1 rings (SSSR count). The zero-order valence-electron chi connectivity index (χ0n) is 6.19. The van der Waals surface area contributed by atoms with Crippen LogP contribution in [0.4, 0.5) is 0 Å². The number of nitrogens with one attached hydrogen (secondary N) is 1. The fourth-order valence-electron chi connectivity index (χ4n) is 0.989. The second-order valence-corrected chi connectivity index (χ2v) is 2.40. The topological polar surface area (TPSA) is 61.7 Å². The number of hydrogen-bond donors (Lipinski definition) is 3. The van der Waals surface area contributed by atoms with E-state index in [-0.39, 0.29) is 37.8 Å². The van der Waals surface area contributed by atoms with Crippen molar-refractivity contribution in [1.29, 1.82) is 0 Å². The third kappa shape index (κ3) is 3.35. The molecule has 0 aromatic heterocycles. The summed E-state index contributed by atoms with van der Waals surface area (Å²) >= 11 is 0. The number of ether oxygens (including phenoxy) is 1. The van der Waals surface area contributed by atoms with E-state index in [4.69, 9.17) is 14.9 Å². The molecule has 1 heterocycles. The molecular formula is C6H14ClNO3. The summed E-state index contributed by atoms with van der Waals surface area (Å²) in [7, 11) is 0. The number of rotatable bonds is 2. The van der Waals surface area contributed by atoms with E-state index in [9.17, 15) is 0 Å². The number of aliphatic hydroxyl groups excluding tert-OH is 2. The summed E-state index contributed by atoms with van der Waals surface area (Å²) in [6.07, 6.45) is -0.295. The molecule has 0 bridgehead atoms. The van der Waals surface area contributed by atoms with E-state index < -0.39 is 0 Å². The van der Waals surface area contributed by atoms with Crippen LogP contribution in [0, 0.1) is 0 Å². The lowest BCUT2D eigenvalue weighted by Crippen LogP contribution is -2.47. The highest BCUT2D eigenvalue weighted by Gasteiger charge is 2.19. The molecule has 1 aliphatic rings. The Kier molecular flexibility index (Phi) is 5.81. The van der Waals surface area contributed by atoms with Crippen LogP contribution in [0.1, 0.15) is 0 Å². The van der Waals surface area contributed by atoms with E-state index in [2.05, 4.69) is 5.32 Å². The van der Waals surface area contributed by atoms with Gasteiger partial charge in [0, 0.05) is 13.1 Å². The smallest absolute Gasteiger partial charge is 0.0935 e. The molecule has 5 heteroatoms. The molecule has 2 atom stereocenters. The number of morpholine rings is 1. The summed E-state index contributed by atoms with van der Waals surface area (Å²) in [6, 6.07) is 0. The van der Waals surface area contributed by atoms with Gasteiger partial charge in [0.1, 0.15) is 0 Å². The zero-order valence-corrected chi connectivity index (χ0v) is 7.01. The molecule has 0 amide bonds. The second-order valence-electron chi connectivity index (χ2n) is 2.40. The van der Waals surface area contributed by atoms with Crippen LogP contribution in [0.2, 0.25) is 0 Å². The molecule has 0 saturated carbocycles. The average Bonchev–Trinajstić information content (AvgIpc) is 2.05. The highest BCUT2D eigenvalue weighted by atomic mass is 35.5. The molecular weight excluding hydrogens is 170 g/mol. The Morgan fingerprint density at radius 2 is 1.64 bits per heavy atom. The standard InChI is InChI=1S/C6H13NO3.ClH/c8-3-5-1-7-2-6(4-9)10-5;/h5-9H,1-4H2;1H/t5-,6-;/m1./s1. The summed E-state index contributed by atoms with van der Waals surface area (Å²) in [5, 5.41) is 20.4. The van der Waals surface area contributed by atoms with Crippen molar-refractivity contribution >= 4 is 12.4 Å². The Morgan fingerprint density at radius 1 is 1.18 bits per heavy atom. The SMILES string of the molecule is Cl.OC[C@H]1CNC[C@H](CO)O1. The predicted molar refractivity (Wildman–Crippen MR) is 43.0 cm³/mol. The van der Waals surface area contributed by atoms with Gasteiger partial charge >= 0.3 is 0 Å². The van der Waals surface area contributed by atoms with Gasteiger partial charge in [0.05, 0.1) is 25.4 Å². The van der Waals surface area contributed by atoms with Gasteiger partial charge in [-0.3, -0.25) is 0 Å². The third-order valence-corrected chi connectivity index (χ3v) is 1.54. The number of halogens is 1. The van der Waals surface area contributed by atoms with Gasteiger partial charge in [-0.05, 0) is 0 Å². The average molecular weight is 184 g/mol. The molecule has 0 aliphatic carbocycles. The lowest BCUT2D eigenvalue weighted by Gasteiger charge is -2.28. The van der Waals surface area contributed by atoms with E-state index in [1.807, 2.05) is 0 Å². The Bertz CT molecular complexity index is 93.8. The van der Waals surface area contributed by atoms with Crippen molar-refractivity contribution in [1.82, 2.24) is 5.32 Å². The number of aliphatic hydroxyl groups is 2. The molecule has 11 heavy (non-hydrogen) atoms. The Labute approximate surface area is 72.0 Å². The van der Waals surface area contributed by atoms with Gasteiger partial charge in [-0.1, -0.05) is 0 Å². The first-order chi connectivity index (χ1) is 4.86. The van der Waals surface area contributed by atoms with Gasteiger partial charge in [-0.25, -0.2) is 0 Å². The highest BCUT2D eigenvalue weighted by Crippen LogP contribution is 2.01. The molecule has 3 N–H and O–H groups in total. The molecule has 0 unspecified atom stereocenters. The van der Waals surface area contributed by atoms with Crippen LogP contribution in [0.25, 0.3) is 0 Å². The fraction of sp³-hybridized carbons (Fsp3) is 1.00. The minimum Gasteiger partial charge on any atom is -0.394 e. The maximum absolute atomic E-state index is 8.66. The van der Waals surface area contributed by atoms with Gasteiger partial charge in [-0.2, -0.15) is 0 Å². The van der Waals surface area contributed by atoms with E-state index in [0.717, 1.165) is 0 Å². The summed E-state index contributed by atoms with van der Waals surface area (Å²) in [5.74, 6) is 0. The zero-order chi connectivity index (χ0) is 7.40. The Morgan fingerprint density at radius 3 is 2.00 bits per heavy atom. The molecule has 4 nitrogen and oxygen atoms in total. The van der Waals surface area contributed by atoms with Crippen LogP contribution >= 0.6 is 12.4 Å². The molecule has 0 radical (unpaired) electrons. The molecule has 0 aromatic carbocycles. The second kappa shape index (κ2) is 5.74. The molecule has 1 saturated heterocycles. The predicted octanol–water partition coefficient (Wildman–Crippen LogP) is -1.25. The Balaban J connectivity index is 0.000001000. The van der Waals surface area contributed by atoms with E-state index in [1.165, 1.54) is 0 Å². The van der Waals surface area contributed by atoms with E-state index in [1.54, 1.807) is 0 Å². The van der Waals surface area contributed by atoms with Gasteiger partial charge in [-0.15, -0.1) is 12.4 Å². The van der Waals surface area contributed by atoms with Crippen LogP contribution in [0.5, 0.6) is 0 Å². The quantitative estimate of drug-likeness (QED) is 0.501.